The molecule has 0 unspecified atom stereocenters. The van der Waals surface area contributed by atoms with Gasteiger partial charge in [-0.1, -0.05) is 29.3 Å². The van der Waals surface area contributed by atoms with Crippen LogP contribution in [0.3, 0.4) is 0 Å². The molecule has 1 amide bonds. The molecule has 5 aromatic rings. The maximum atomic E-state index is 13.0. The average Bonchev–Trinajstić information content (AvgIpc) is 3.52. The van der Waals surface area contributed by atoms with Crippen LogP contribution in [0.5, 0.6) is 0 Å². The van der Waals surface area contributed by atoms with Crippen molar-refractivity contribution in [1.29, 1.82) is 0 Å². The van der Waals surface area contributed by atoms with Gasteiger partial charge in [-0.05, 0) is 62.5 Å². The molecule has 178 valence electrons. The Bertz CT molecular complexity index is 1580. The molecule has 0 radical (unpaired) electrons. The number of rotatable bonds is 6. The molecule has 0 aliphatic carbocycles. The summed E-state index contributed by atoms with van der Waals surface area (Å²) in [5.74, 6) is -0.0650. The summed E-state index contributed by atoms with van der Waals surface area (Å²) in [5, 5.41) is 17.4. The molecular weight excluding hydrogens is 623 g/mol. The van der Waals surface area contributed by atoms with Crippen LogP contribution in [-0.4, -0.2) is 40.1 Å². The zero-order chi connectivity index (χ0) is 24.7. The Kier molecular flexibility index (Phi) is 6.67. The number of anilines is 1. The monoisotopic (exact) mass is 636 g/mol. The van der Waals surface area contributed by atoms with Gasteiger partial charge in [0.2, 0.25) is 0 Å². The van der Waals surface area contributed by atoms with Gasteiger partial charge >= 0.3 is 0 Å². The second-order valence-corrected chi connectivity index (χ2v) is 10.1. The number of halogens is 4. The molecule has 13 heteroatoms. The van der Waals surface area contributed by atoms with E-state index in [4.69, 9.17) is 23.2 Å². The molecule has 0 bridgehead atoms. The third-order valence-corrected chi connectivity index (χ3v) is 6.92. The molecule has 1 aromatic carbocycles. The molecule has 0 atom stereocenters. The second kappa shape index (κ2) is 9.73. The van der Waals surface area contributed by atoms with E-state index in [0.29, 0.717) is 43.9 Å². The van der Waals surface area contributed by atoms with Crippen molar-refractivity contribution in [3.05, 3.63) is 79.2 Å². The maximum absolute atomic E-state index is 13.0. The van der Waals surface area contributed by atoms with E-state index in [-0.39, 0.29) is 5.69 Å². The van der Waals surface area contributed by atoms with E-state index in [1.165, 1.54) is 0 Å². The Morgan fingerprint density at radius 3 is 2.57 bits per heavy atom. The van der Waals surface area contributed by atoms with Gasteiger partial charge in [0.1, 0.15) is 5.69 Å². The fourth-order valence-electron chi connectivity index (χ4n) is 3.48. The summed E-state index contributed by atoms with van der Waals surface area (Å²) >= 11 is 19.2. The topological polar surface area (TPSA) is 94.9 Å². The molecule has 0 spiro atoms. The summed E-state index contributed by atoms with van der Waals surface area (Å²) in [6.45, 7) is 3.14. The largest absolute Gasteiger partial charge is 0.303 e. The molecule has 9 nitrogen and oxygen atoms in total. The molecule has 4 heterocycles. The first kappa shape index (κ1) is 24.0. The number of nitrogens with zero attached hydrogens (tertiary/aromatic N) is 7. The molecule has 1 N–H and O–H groups in total. The van der Waals surface area contributed by atoms with E-state index in [0.717, 1.165) is 16.6 Å². The molecule has 0 aliphatic rings. The van der Waals surface area contributed by atoms with E-state index >= 15 is 0 Å². The molecule has 5 rings (SSSR count). The Labute approximate surface area is 226 Å². The Morgan fingerprint density at radius 1 is 1.03 bits per heavy atom. The number of carbonyl (C=O) groups excluding carboxylic acids is 1. The minimum atomic E-state index is -0.421. The molecule has 35 heavy (non-hydrogen) atoms. The minimum Gasteiger partial charge on any atom is -0.303 e. The van der Waals surface area contributed by atoms with Crippen molar-refractivity contribution in [2.24, 2.45) is 0 Å². The zero-order valence-corrected chi connectivity index (χ0v) is 22.8. The predicted octanol–water partition coefficient (Wildman–Crippen LogP) is 5.94. The molecular formula is C22H16Br2Cl2N8O. The molecule has 0 saturated heterocycles. The molecule has 0 fully saturated rings. The first-order valence-corrected chi connectivity index (χ1v) is 12.7. The Balaban J connectivity index is 1.40. The first-order chi connectivity index (χ1) is 16.8. The smallest absolute Gasteiger partial charge is 0.277 e. The highest BCUT2D eigenvalue weighted by Crippen LogP contribution is 2.28. The van der Waals surface area contributed by atoms with Crippen molar-refractivity contribution >= 4 is 72.4 Å². The number of carbonyl (C=O) groups is 1. The van der Waals surface area contributed by atoms with Crippen LogP contribution >= 0.6 is 55.1 Å². The highest BCUT2D eigenvalue weighted by atomic mass is 79.9. The van der Waals surface area contributed by atoms with Gasteiger partial charge in [0, 0.05) is 41.2 Å². The van der Waals surface area contributed by atoms with Crippen LogP contribution in [0.25, 0.3) is 17.0 Å². The lowest BCUT2D eigenvalue weighted by molar-refractivity contribution is 0.102. The number of aryl methyl sites for hydroxylation is 1. The van der Waals surface area contributed by atoms with Crippen LogP contribution in [0.15, 0.2) is 57.9 Å². The summed E-state index contributed by atoms with van der Waals surface area (Å²) < 4.78 is 6.52. The Hall–Kier alpha value is -2.73. The van der Waals surface area contributed by atoms with Crippen LogP contribution in [0.2, 0.25) is 10.0 Å². The number of hydrogen-bond donors (Lipinski definition) is 1. The number of benzene rings is 1. The summed E-state index contributed by atoms with van der Waals surface area (Å²) in [5.41, 5.74) is 2.97. The summed E-state index contributed by atoms with van der Waals surface area (Å²) in [6.07, 6.45) is 5.31. The number of fused-ring (bicyclic) bond motifs is 1. The minimum absolute atomic E-state index is 0.193. The predicted molar refractivity (Wildman–Crippen MR) is 141 cm³/mol. The standard InChI is InChI=1S/C22H16Br2Cl2N8O/c1-2-32-10-14(23)20(30-32)18-5-6-27-19-8-17(29-34(18)19)22(35)28-21-15(24)11-33(31-21)9-12-3-4-13(25)7-16(12)26/h3-8,10-11H,2,9H2,1H3,(H,28,31,35). The number of aromatic nitrogens is 7. The third-order valence-electron chi connectivity index (χ3n) is 5.17. The van der Waals surface area contributed by atoms with E-state index in [1.54, 1.807) is 45.9 Å². The van der Waals surface area contributed by atoms with Crippen LogP contribution in [0.4, 0.5) is 5.82 Å². The van der Waals surface area contributed by atoms with E-state index < -0.39 is 5.91 Å². The number of amides is 1. The van der Waals surface area contributed by atoms with E-state index in [2.05, 4.69) is 57.5 Å². The lowest BCUT2D eigenvalue weighted by Crippen LogP contribution is -2.14. The zero-order valence-electron chi connectivity index (χ0n) is 18.1. The van der Waals surface area contributed by atoms with Crippen LogP contribution in [-0.2, 0) is 13.1 Å². The summed E-state index contributed by atoms with van der Waals surface area (Å²) in [6, 6.07) is 8.69. The molecule has 4 aromatic heterocycles. The maximum Gasteiger partial charge on any atom is 0.277 e. The third kappa shape index (κ3) is 4.86. The number of nitrogens with one attached hydrogen (secondary N) is 1. The van der Waals surface area contributed by atoms with Gasteiger partial charge in [0.25, 0.3) is 5.91 Å². The van der Waals surface area contributed by atoms with Crippen LogP contribution in [0, 0.1) is 0 Å². The van der Waals surface area contributed by atoms with Gasteiger partial charge in [-0.2, -0.15) is 15.3 Å². The fourth-order valence-corrected chi connectivity index (χ4v) is 4.88. The lowest BCUT2D eigenvalue weighted by Gasteiger charge is -2.05. The molecule has 0 saturated carbocycles. The average molecular weight is 639 g/mol. The quantitative estimate of drug-likeness (QED) is 0.248. The van der Waals surface area contributed by atoms with Gasteiger partial charge in [-0.3, -0.25) is 14.2 Å². The highest BCUT2D eigenvalue weighted by Gasteiger charge is 2.19. The van der Waals surface area contributed by atoms with Gasteiger partial charge in [0.05, 0.1) is 21.2 Å². The van der Waals surface area contributed by atoms with Crippen LogP contribution < -0.4 is 5.32 Å². The summed E-state index contributed by atoms with van der Waals surface area (Å²) in [7, 11) is 0. The van der Waals surface area contributed by atoms with Gasteiger partial charge in [0.15, 0.2) is 17.2 Å². The Morgan fingerprint density at radius 2 is 1.83 bits per heavy atom. The summed E-state index contributed by atoms with van der Waals surface area (Å²) in [4.78, 5) is 17.3. The van der Waals surface area contributed by atoms with E-state index in [1.807, 2.05) is 23.9 Å². The van der Waals surface area contributed by atoms with Crippen molar-refractivity contribution in [2.45, 2.75) is 20.0 Å². The second-order valence-electron chi connectivity index (χ2n) is 7.52. The molecule has 0 aliphatic heterocycles. The SMILES string of the molecule is CCn1cc(Br)c(-c2ccnc3cc(C(=O)Nc4nn(Cc5ccc(Cl)cc5Cl)cc4Br)nn23)n1. The van der Waals surface area contributed by atoms with Gasteiger partial charge in [-0.15, -0.1) is 0 Å². The van der Waals surface area contributed by atoms with Crippen LogP contribution in [0.1, 0.15) is 23.0 Å². The normalized spacial score (nSPS) is 11.3. The van der Waals surface area contributed by atoms with Gasteiger partial charge in [-0.25, -0.2) is 9.50 Å². The fraction of sp³-hybridized carbons (Fsp3) is 0.136. The number of hydrogen-bond acceptors (Lipinski definition) is 5. The van der Waals surface area contributed by atoms with Crippen molar-refractivity contribution < 1.29 is 4.79 Å². The van der Waals surface area contributed by atoms with Crippen molar-refractivity contribution in [3.63, 3.8) is 0 Å². The van der Waals surface area contributed by atoms with E-state index in [9.17, 15) is 4.79 Å². The first-order valence-electron chi connectivity index (χ1n) is 10.4. The van der Waals surface area contributed by atoms with Crippen molar-refractivity contribution in [1.82, 2.24) is 34.2 Å². The van der Waals surface area contributed by atoms with Gasteiger partial charge < -0.3 is 5.32 Å². The highest BCUT2D eigenvalue weighted by molar-refractivity contribution is 9.11. The van der Waals surface area contributed by atoms with Crippen molar-refractivity contribution in [3.8, 4) is 11.4 Å². The van der Waals surface area contributed by atoms with Crippen molar-refractivity contribution in [2.75, 3.05) is 5.32 Å². The lowest BCUT2D eigenvalue weighted by atomic mass is 10.2.